The molecule has 0 aliphatic rings. The normalized spacial score (nSPS) is 10.8. The van der Waals surface area contributed by atoms with Gasteiger partial charge in [-0.2, -0.15) is 5.26 Å². The Morgan fingerprint density at radius 1 is 1.45 bits per heavy atom. The van der Waals surface area contributed by atoms with E-state index < -0.39 is 5.82 Å². The fraction of sp³-hybridized carbons (Fsp3) is 0.333. The first-order chi connectivity index (χ1) is 9.58. The van der Waals surface area contributed by atoms with Gasteiger partial charge < -0.3 is 9.88 Å². The molecule has 0 amide bonds. The third-order valence-electron chi connectivity index (χ3n) is 2.89. The number of imidazole rings is 1. The van der Waals surface area contributed by atoms with Gasteiger partial charge in [-0.05, 0) is 17.7 Å². The maximum absolute atomic E-state index is 13.2. The maximum Gasteiger partial charge on any atom is 0.140 e. The highest BCUT2D eigenvalue weighted by atomic mass is 19.1. The molecule has 0 aliphatic heterocycles. The molecule has 0 atom stereocenters. The zero-order valence-electron chi connectivity index (χ0n) is 11.6. The van der Waals surface area contributed by atoms with Gasteiger partial charge in [-0.1, -0.05) is 19.9 Å². The zero-order valence-corrected chi connectivity index (χ0v) is 11.6. The fourth-order valence-electron chi connectivity index (χ4n) is 1.86. The molecule has 0 spiro atoms. The van der Waals surface area contributed by atoms with E-state index in [0.717, 1.165) is 17.8 Å². The fourth-order valence-corrected chi connectivity index (χ4v) is 1.86. The van der Waals surface area contributed by atoms with Crippen molar-refractivity contribution in [3.8, 4) is 6.07 Å². The molecule has 20 heavy (non-hydrogen) atoms. The van der Waals surface area contributed by atoms with Gasteiger partial charge in [0.05, 0.1) is 17.6 Å². The Labute approximate surface area is 117 Å². The Hall–Kier alpha value is -2.19. The van der Waals surface area contributed by atoms with Crippen molar-refractivity contribution in [3.63, 3.8) is 0 Å². The van der Waals surface area contributed by atoms with E-state index in [4.69, 9.17) is 5.26 Å². The van der Waals surface area contributed by atoms with Crippen LogP contribution in [0.1, 0.15) is 30.7 Å². The molecule has 104 valence electrons. The topological polar surface area (TPSA) is 53.6 Å². The first-order valence-corrected chi connectivity index (χ1v) is 6.51. The summed E-state index contributed by atoms with van der Waals surface area (Å²) in [6, 6.07) is 6.84. The van der Waals surface area contributed by atoms with Crippen molar-refractivity contribution in [2.75, 3.05) is 0 Å². The van der Waals surface area contributed by atoms with Crippen molar-refractivity contribution in [2.24, 2.45) is 0 Å². The van der Waals surface area contributed by atoms with Gasteiger partial charge in [0.15, 0.2) is 0 Å². The minimum atomic E-state index is -0.483. The van der Waals surface area contributed by atoms with E-state index in [1.807, 2.05) is 16.8 Å². The van der Waals surface area contributed by atoms with Crippen LogP contribution in [0.15, 0.2) is 30.7 Å². The molecule has 0 bridgehead atoms. The molecule has 0 saturated carbocycles. The molecule has 1 aromatic heterocycles. The van der Waals surface area contributed by atoms with Gasteiger partial charge >= 0.3 is 0 Å². The molecule has 2 aromatic rings. The Morgan fingerprint density at radius 3 is 2.95 bits per heavy atom. The molecule has 5 heteroatoms. The highest BCUT2D eigenvalue weighted by Gasteiger charge is 2.04. The molecule has 4 nitrogen and oxygen atoms in total. The van der Waals surface area contributed by atoms with Crippen molar-refractivity contribution >= 4 is 0 Å². The molecule has 1 heterocycles. The predicted octanol–water partition coefficient (Wildman–Crippen LogP) is 2.44. The lowest BCUT2D eigenvalue weighted by atomic mass is 10.1. The molecule has 0 saturated heterocycles. The number of aromatic nitrogens is 2. The molecule has 2 rings (SSSR count). The van der Waals surface area contributed by atoms with Crippen LogP contribution < -0.4 is 5.32 Å². The summed E-state index contributed by atoms with van der Waals surface area (Å²) in [7, 11) is 0. The lowest BCUT2D eigenvalue weighted by Crippen LogP contribution is -2.21. The standard InChI is InChI=1S/C15H17FN4/c1-11(2)18-7-14-9-20(10-19-14)8-12-3-4-15(16)13(5-12)6-17/h3-5,9-11,18H,7-8H2,1-2H3. The number of benzene rings is 1. The van der Waals surface area contributed by atoms with Crippen LogP contribution in [0.25, 0.3) is 0 Å². The van der Waals surface area contributed by atoms with Crippen molar-refractivity contribution in [1.29, 1.82) is 5.26 Å². The summed E-state index contributed by atoms with van der Waals surface area (Å²) in [5, 5.41) is 12.1. The highest BCUT2D eigenvalue weighted by Crippen LogP contribution is 2.11. The summed E-state index contributed by atoms with van der Waals surface area (Å²) >= 11 is 0. The predicted molar refractivity (Wildman–Crippen MR) is 74.4 cm³/mol. The van der Waals surface area contributed by atoms with Gasteiger partial charge in [-0.3, -0.25) is 0 Å². The van der Waals surface area contributed by atoms with Crippen LogP contribution in [0.2, 0.25) is 0 Å². The second-order valence-corrected chi connectivity index (χ2v) is 5.00. The Kier molecular flexibility index (Phi) is 4.49. The van der Waals surface area contributed by atoms with E-state index in [1.165, 1.54) is 6.07 Å². The number of nitrogens with zero attached hydrogens (tertiary/aromatic N) is 3. The summed E-state index contributed by atoms with van der Waals surface area (Å²) in [6.07, 6.45) is 3.69. The van der Waals surface area contributed by atoms with Crippen LogP contribution in [0.5, 0.6) is 0 Å². The van der Waals surface area contributed by atoms with Crippen molar-refractivity contribution in [3.05, 3.63) is 53.4 Å². The summed E-state index contributed by atoms with van der Waals surface area (Å²) in [5.74, 6) is -0.483. The smallest absolute Gasteiger partial charge is 0.140 e. The second-order valence-electron chi connectivity index (χ2n) is 5.00. The third kappa shape index (κ3) is 3.65. The minimum absolute atomic E-state index is 0.0734. The van der Waals surface area contributed by atoms with Crippen LogP contribution >= 0.6 is 0 Å². The monoisotopic (exact) mass is 272 g/mol. The van der Waals surface area contributed by atoms with E-state index in [2.05, 4.69) is 24.1 Å². The Bertz CT molecular complexity index is 625. The molecular weight excluding hydrogens is 255 g/mol. The van der Waals surface area contributed by atoms with Gasteiger partial charge in [-0.25, -0.2) is 9.37 Å². The molecular formula is C15H17FN4. The van der Waals surface area contributed by atoms with E-state index in [0.29, 0.717) is 12.6 Å². The van der Waals surface area contributed by atoms with E-state index in [9.17, 15) is 4.39 Å². The maximum atomic E-state index is 13.2. The quantitative estimate of drug-likeness (QED) is 0.909. The van der Waals surface area contributed by atoms with E-state index in [1.54, 1.807) is 18.5 Å². The second kappa shape index (κ2) is 6.31. The average Bonchev–Trinajstić information content (AvgIpc) is 2.86. The molecule has 1 N–H and O–H groups in total. The average molecular weight is 272 g/mol. The largest absolute Gasteiger partial charge is 0.333 e. The number of hydrogen-bond acceptors (Lipinski definition) is 3. The minimum Gasteiger partial charge on any atom is -0.333 e. The Morgan fingerprint density at radius 2 is 2.25 bits per heavy atom. The lowest BCUT2D eigenvalue weighted by Gasteiger charge is -2.05. The SMILES string of the molecule is CC(C)NCc1cn(Cc2ccc(F)c(C#N)c2)cn1. The first kappa shape index (κ1) is 14.2. The highest BCUT2D eigenvalue weighted by molar-refractivity contribution is 5.34. The van der Waals surface area contributed by atoms with Gasteiger partial charge in [0, 0.05) is 25.3 Å². The molecule has 0 fully saturated rings. The number of rotatable bonds is 5. The zero-order chi connectivity index (χ0) is 14.5. The lowest BCUT2D eigenvalue weighted by molar-refractivity contribution is 0.582. The van der Waals surface area contributed by atoms with Gasteiger partial charge in [0.1, 0.15) is 11.9 Å². The summed E-state index contributed by atoms with van der Waals surface area (Å²) in [6.45, 7) is 5.46. The van der Waals surface area contributed by atoms with Crippen LogP contribution in [-0.2, 0) is 13.1 Å². The number of nitriles is 1. The molecule has 0 radical (unpaired) electrons. The molecule has 0 unspecified atom stereocenters. The van der Waals surface area contributed by atoms with Crippen molar-refractivity contribution < 1.29 is 4.39 Å². The number of nitrogens with one attached hydrogen (secondary N) is 1. The van der Waals surface area contributed by atoms with Gasteiger partial charge in [0.25, 0.3) is 0 Å². The van der Waals surface area contributed by atoms with Crippen LogP contribution in [-0.4, -0.2) is 15.6 Å². The van der Waals surface area contributed by atoms with Gasteiger partial charge in [0.2, 0.25) is 0 Å². The van der Waals surface area contributed by atoms with Crippen LogP contribution in [0, 0.1) is 17.1 Å². The van der Waals surface area contributed by atoms with Gasteiger partial charge in [-0.15, -0.1) is 0 Å². The van der Waals surface area contributed by atoms with Crippen molar-refractivity contribution in [1.82, 2.24) is 14.9 Å². The van der Waals surface area contributed by atoms with Crippen LogP contribution in [0.4, 0.5) is 4.39 Å². The van der Waals surface area contributed by atoms with E-state index >= 15 is 0 Å². The Balaban J connectivity index is 2.05. The third-order valence-corrected chi connectivity index (χ3v) is 2.89. The summed E-state index contributed by atoms with van der Waals surface area (Å²) in [4.78, 5) is 4.31. The summed E-state index contributed by atoms with van der Waals surface area (Å²) < 4.78 is 15.2. The summed E-state index contributed by atoms with van der Waals surface area (Å²) in [5.41, 5.74) is 1.91. The van der Waals surface area contributed by atoms with Crippen molar-refractivity contribution in [2.45, 2.75) is 33.0 Å². The molecule has 1 aromatic carbocycles. The van der Waals surface area contributed by atoms with E-state index in [-0.39, 0.29) is 5.56 Å². The number of halogens is 1. The first-order valence-electron chi connectivity index (χ1n) is 6.51. The number of hydrogen-bond donors (Lipinski definition) is 1. The van der Waals surface area contributed by atoms with Crippen LogP contribution in [0.3, 0.4) is 0 Å². The molecule has 0 aliphatic carbocycles.